The number of benzene rings is 2. The summed E-state index contributed by atoms with van der Waals surface area (Å²) in [5.74, 6) is -2.55. The number of nitro benzene ring substituents is 1. The van der Waals surface area contributed by atoms with Crippen LogP contribution in [0.15, 0.2) is 76.0 Å². The maximum Gasteiger partial charge on any atom is 0.336 e. The number of para-hydroxylation sites is 1. The van der Waals surface area contributed by atoms with Crippen LogP contribution in [-0.2, 0) is 29.1 Å². The summed E-state index contributed by atoms with van der Waals surface area (Å²) >= 11 is 5.88. The van der Waals surface area contributed by atoms with Crippen LogP contribution >= 0.6 is 11.6 Å². The second-order valence-electron chi connectivity index (χ2n) is 9.78. The number of methoxy groups -OCH3 is 1. The average molecular weight is 619 g/mol. The number of carbonyl (C=O) groups excluding carboxylic acids is 2. The summed E-state index contributed by atoms with van der Waals surface area (Å²) in [5.41, 5.74) is 0.854. The predicted octanol–water partition coefficient (Wildman–Crippen LogP) is 3.21. The van der Waals surface area contributed by atoms with E-state index in [2.05, 4.69) is 5.32 Å². The second kappa shape index (κ2) is 13.0. The van der Waals surface area contributed by atoms with Gasteiger partial charge in [-0.3, -0.25) is 15.0 Å². The van der Waals surface area contributed by atoms with Gasteiger partial charge in [0.1, 0.15) is 6.61 Å². The molecule has 0 unspecified atom stereocenters. The first-order valence-electron chi connectivity index (χ1n) is 13.1. The monoisotopic (exact) mass is 618 g/mol. The van der Waals surface area contributed by atoms with E-state index in [1.807, 2.05) is 4.90 Å². The number of esters is 2. The van der Waals surface area contributed by atoms with E-state index in [0.29, 0.717) is 36.1 Å². The molecule has 1 N–H and O–H groups in total. The van der Waals surface area contributed by atoms with E-state index in [1.54, 1.807) is 19.9 Å². The number of nitrogens with zero attached hydrogens (tertiary/aromatic N) is 3. The molecule has 42 heavy (non-hydrogen) atoms. The number of nitrogens with one attached hydrogen (secondary N) is 1. The van der Waals surface area contributed by atoms with Crippen molar-refractivity contribution in [1.29, 1.82) is 0 Å². The lowest BCUT2D eigenvalue weighted by Crippen LogP contribution is -2.49. The summed E-state index contributed by atoms with van der Waals surface area (Å²) < 4.78 is 37.9. The van der Waals surface area contributed by atoms with Gasteiger partial charge in [0.25, 0.3) is 5.69 Å². The highest BCUT2D eigenvalue weighted by Crippen LogP contribution is 2.42. The van der Waals surface area contributed by atoms with E-state index in [0.717, 1.165) is 0 Å². The molecule has 1 fully saturated rings. The minimum absolute atomic E-state index is 0.0145. The molecule has 2 heterocycles. The molecule has 12 nitrogen and oxygen atoms in total. The summed E-state index contributed by atoms with van der Waals surface area (Å²) in [6.07, 6.45) is 0. The second-order valence-corrected chi connectivity index (χ2v) is 12.2. The Hall–Kier alpha value is -3.78. The number of allylic oxidation sites excluding steroid dienone is 2. The molecule has 1 saturated heterocycles. The number of piperazine rings is 1. The van der Waals surface area contributed by atoms with Gasteiger partial charge in [-0.25, -0.2) is 18.0 Å². The van der Waals surface area contributed by atoms with Gasteiger partial charge in [-0.2, -0.15) is 4.31 Å². The molecule has 0 saturated carbocycles. The first-order valence-corrected chi connectivity index (χ1v) is 14.9. The fourth-order valence-electron chi connectivity index (χ4n) is 5.15. The van der Waals surface area contributed by atoms with E-state index >= 15 is 0 Å². The molecule has 0 aliphatic carbocycles. The Labute approximate surface area is 248 Å². The van der Waals surface area contributed by atoms with Crippen LogP contribution in [0, 0.1) is 10.1 Å². The fraction of sp³-hybridized carbons (Fsp3) is 0.357. The molecule has 4 rings (SSSR count). The van der Waals surface area contributed by atoms with E-state index in [9.17, 15) is 28.1 Å². The van der Waals surface area contributed by atoms with E-state index in [1.165, 1.54) is 53.9 Å². The van der Waals surface area contributed by atoms with E-state index in [4.69, 9.17) is 21.1 Å². The molecule has 0 aromatic heterocycles. The molecular formula is C28H31ClN4O8S. The Bertz CT molecular complexity index is 1550. The van der Waals surface area contributed by atoms with Gasteiger partial charge < -0.3 is 14.8 Å². The van der Waals surface area contributed by atoms with Gasteiger partial charge in [0, 0.05) is 60.8 Å². The summed E-state index contributed by atoms with van der Waals surface area (Å²) in [6.45, 7) is 4.98. The van der Waals surface area contributed by atoms with Crippen molar-refractivity contribution in [2.45, 2.75) is 24.7 Å². The van der Waals surface area contributed by atoms with Gasteiger partial charge in [-0.1, -0.05) is 29.8 Å². The molecule has 0 amide bonds. The third-order valence-electron chi connectivity index (χ3n) is 7.25. The van der Waals surface area contributed by atoms with Crippen LogP contribution < -0.4 is 5.32 Å². The number of dihydropyridines is 1. The van der Waals surface area contributed by atoms with Crippen LogP contribution in [0.1, 0.15) is 25.3 Å². The molecule has 2 aliphatic heterocycles. The number of halogens is 1. The maximum absolute atomic E-state index is 13.5. The van der Waals surface area contributed by atoms with Crippen LogP contribution in [0.25, 0.3) is 0 Å². The van der Waals surface area contributed by atoms with Crippen molar-refractivity contribution in [3.05, 3.63) is 91.8 Å². The van der Waals surface area contributed by atoms with Crippen LogP contribution in [0.4, 0.5) is 5.69 Å². The lowest BCUT2D eigenvalue weighted by atomic mass is 9.79. The standard InChI is InChI=1S/C28H31ClN4O8S/c1-18-24(27(34)40-3)26(22-6-4-5-7-23(22)33(36)37)25(19(2)30-18)28(35)41-17-16-31-12-14-32(15-13-31)42(38,39)21-10-8-20(29)9-11-21/h4-11,26,30H,12-17H2,1-3H3/t26-/m1/s1. The largest absolute Gasteiger partial charge is 0.466 e. The summed E-state index contributed by atoms with van der Waals surface area (Å²) in [6, 6.07) is 11.9. The normalized spacial score (nSPS) is 18.4. The lowest BCUT2D eigenvalue weighted by Gasteiger charge is -2.34. The average Bonchev–Trinajstić information content (AvgIpc) is 2.96. The third-order valence-corrected chi connectivity index (χ3v) is 9.42. The van der Waals surface area contributed by atoms with Gasteiger partial charge in [-0.15, -0.1) is 0 Å². The number of carbonyl (C=O) groups is 2. The molecule has 0 bridgehead atoms. The Kier molecular flexibility index (Phi) is 9.67. The van der Waals surface area contributed by atoms with Crippen molar-refractivity contribution in [2.24, 2.45) is 0 Å². The number of nitro groups is 1. The summed E-state index contributed by atoms with van der Waals surface area (Å²) in [5, 5.41) is 15.3. The lowest BCUT2D eigenvalue weighted by molar-refractivity contribution is -0.385. The zero-order chi connectivity index (χ0) is 30.6. The topological polar surface area (TPSA) is 148 Å². The van der Waals surface area contributed by atoms with Gasteiger partial charge in [0.2, 0.25) is 10.0 Å². The molecular weight excluding hydrogens is 588 g/mol. The summed E-state index contributed by atoms with van der Waals surface area (Å²) in [4.78, 5) is 39.7. The van der Waals surface area contributed by atoms with Crippen LogP contribution in [0.2, 0.25) is 5.02 Å². The van der Waals surface area contributed by atoms with Gasteiger partial charge in [0.15, 0.2) is 0 Å². The third kappa shape index (κ3) is 6.49. The number of hydrogen-bond acceptors (Lipinski definition) is 10. The fourth-order valence-corrected chi connectivity index (χ4v) is 6.70. The highest BCUT2D eigenvalue weighted by molar-refractivity contribution is 7.89. The Balaban J connectivity index is 1.45. The highest BCUT2D eigenvalue weighted by atomic mass is 35.5. The summed E-state index contributed by atoms with van der Waals surface area (Å²) in [7, 11) is -2.46. The van der Waals surface area contributed by atoms with Crippen molar-refractivity contribution >= 4 is 39.3 Å². The van der Waals surface area contributed by atoms with Crippen molar-refractivity contribution < 1.29 is 32.4 Å². The Morgan fingerprint density at radius 1 is 1.00 bits per heavy atom. The van der Waals surface area contributed by atoms with Gasteiger partial charge in [0.05, 0.1) is 34.0 Å². The smallest absolute Gasteiger partial charge is 0.336 e. The minimum atomic E-state index is -3.66. The molecule has 14 heteroatoms. The van der Waals surface area contributed by atoms with Crippen LogP contribution in [-0.4, -0.2) is 80.9 Å². The first-order chi connectivity index (χ1) is 19.9. The van der Waals surface area contributed by atoms with E-state index in [-0.39, 0.29) is 47.0 Å². The number of rotatable bonds is 9. The Morgan fingerprint density at radius 3 is 2.19 bits per heavy atom. The van der Waals surface area contributed by atoms with Crippen molar-refractivity contribution in [3.8, 4) is 0 Å². The van der Waals surface area contributed by atoms with Crippen molar-refractivity contribution in [1.82, 2.24) is 14.5 Å². The Morgan fingerprint density at radius 2 is 1.60 bits per heavy atom. The molecule has 1 atom stereocenters. The zero-order valence-corrected chi connectivity index (χ0v) is 24.9. The molecule has 224 valence electrons. The van der Waals surface area contributed by atoms with Crippen molar-refractivity contribution in [2.75, 3.05) is 46.4 Å². The van der Waals surface area contributed by atoms with Crippen LogP contribution in [0.3, 0.4) is 0 Å². The van der Waals surface area contributed by atoms with E-state index < -0.39 is 32.8 Å². The highest BCUT2D eigenvalue weighted by Gasteiger charge is 2.40. The van der Waals surface area contributed by atoms with Crippen molar-refractivity contribution in [3.63, 3.8) is 0 Å². The molecule has 2 aromatic carbocycles. The molecule has 0 spiro atoms. The van der Waals surface area contributed by atoms with Gasteiger partial charge in [-0.05, 0) is 38.1 Å². The maximum atomic E-state index is 13.5. The van der Waals surface area contributed by atoms with Gasteiger partial charge >= 0.3 is 11.9 Å². The molecule has 2 aromatic rings. The number of ether oxygens (including phenoxy) is 2. The zero-order valence-electron chi connectivity index (χ0n) is 23.3. The molecule has 0 radical (unpaired) electrons. The van der Waals surface area contributed by atoms with Crippen LogP contribution in [0.5, 0.6) is 0 Å². The SMILES string of the molecule is COC(=O)C1=C(C)NC(C)=C(C(=O)OCCN2CCN(S(=O)(=O)c3ccc(Cl)cc3)CC2)[C@@H]1c1ccccc1[N+](=O)[O-]. The minimum Gasteiger partial charge on any atom is -0.466 e. The predicted molar refractivity (Wildman–Crippen MR) is 154 cm³/mol. The quantitative estimate of drug-likeness (QED) is 0.252. The molecule has 2 aliphatic rings. The number of hydrogen-bond donors (Lipinski definition) is 1. The first kappa shape index (κ1) is 31.2. The number of sulfonamides is 1.